The maximum Gasteiger partial charge on any atom is 0.511 e. The van der Waals surface area contributed by atoms with Gasteiger partial charge in [-0.25, -0.2) is 13.6 Å². The molecule has 10 heteroatoms. The number of nitrogens with zero attached hydrogens (tertiary/aromatic N) is 2. The highest BCUT2D eigenvalue weighted by molar-refractivity contribution is 5.86. The normalized spacial score (nSPS) is 16.6. The van der Waals surface area contributed by atoms with Crippen molar-refractivity contribution in [3.63, 3.8) is 0 Å². The van der Waals surface area contributed by atoms with Gasteiger partial charge in [0.1, 0.15) is 11.5 Å². The van der Waals surface area contributed by atoms with E-state index < -0.39 is 29.0 Å². The van der Waals surface area contributed by atoms with Crippen molar-refractivity contribution in [1.82, 2.24) is 4.57 Å². The highest BCUT2D eigenvalue weighted by atomic mass is 35.5. The number of anilines is 1. The van der Waals surface area contributed by atoms with Crippen LogP contribution in [0.15, 0.2) is 17.1 Å². The molecule has 1 aromatic heterocycles. The molecule has 7 nitrogen and oxygen atoms in total. The van der Waals surface area contributed by atoms with Gasteiger partial charge in [0.15, 0.2) is 11.6 Å². The molecule has 142 valence electrons. The third-order valence-corrected chi connectivity index (χ3v) is 4.28. The monoisotopic (exact) mass is 389 g/mol. The molecular formula is C16H18ClF2N3O4. The number of hydrogen-bond acceptors (Lipinski definition) is 5. The first kappa shape index (κ1) is 19.9. The van der Waals surface area contributed by atoms with Crippen LogP contribution in [0.25, 0.3) is 10.9 Å². The molecule has 1 aliphatic rings. The predicted molar refractivity (Wildman–Crippen MR) is 94.5 cm³/mol. The van der Waals surface area contributed by atoms with Gasteiger partial charge in [-0.15, -0.1) is 12.4 Å². The predicted octanol–water partition coefficient (Wildman–Crippen LogP) is 2.32. The molecule has 1 unspecified atom stereocenters. The third-order valence-electron chi connectivity index (χ3n) is 4.28. The molecule has 0 aliphatic carbocycles. The SMILES string of the molecule is CCn1cc(OC(=O)O)c(=O)c2cc(F)c(N3CCC(N)C3)c(F)c21.Cl. The molecule has 3 rings (SSSR count). The van der Waals surface area contributed by atoms with Crippen molar-refractivity contribution in [3.8, 4) is 5.75 Å². The number of fused-ring (bicyclic) bond motifs is 1. The molecule has 0 spiro atoms. The summed E-state index contributed by atoms with van der Waals surface area (Å²) in [5, 5.41) is 8.44. The Labute approximate surface area is 153 Å². The van der Waals surface area contributed by atoms with Crippen LogP contribution in [0.2, 0.25) is 0 Å². The number of rotatable bonds is 3. The van der Waals surface area contributed by atoms with E-state index in [1.165, 1.54) is 9.47 Å². The van der Waals surface area contributed by atoms with Crippen molar-refractivity contribution >= 4 is 35.2 Å². The number of nitrogens with two attached hydrogens (primary N) is 1. The Morgan fingerprint density at radius 3 is 2.69 bits per heavy atom. The largest absolute Gasteiger partial charge is 0.511 e. The molecular weight excluding hydrogens is 372 g/mol. The average molecular weight is 390 g/mol. The number of pyridine rings is 1. The molecule has 0 saturated carbocycles. The van der Waals surface area contributed by atoms with Crippen molar-refractivity contribution in [2.75, 3.05) is 18.0 Å². The molecule has 0 radical (unpaired) electrons. The number of hydrogen-bond donors (Lipinski definition) is 2. The Bertz CT molecular complexity index is 919. The van der Waals surface area contributed by atoms with Crippen LogP contribution in [-0.2, 0) is 6.54 Å². The topological polar surface area (TPSA) is 97.8 Å². The Morgan fingerprint density at radius 1 is 1.46 bits per heavy atom. The van der Waals surface area contributed by atoms with E-state index in [0.29, 0.717) is 19.5 Å². The van der Waals surface area contributed by atoms with E-state index in [4.69, 9.17) is 10.8 Å². The molecule has 2 aromatic rings. The lowest BCUT2D eigenvalue weighted by atomic mass is 10.1. The van der Waals surface area contributed by atoms with Gasteiger partial charge >= 0.3 is 6.16 Å². The number of aromatic nitrogens is 1. The summed E-state index contributed by atoms with van der Waals surface area (Å²) in [6.07, 6.45) is 0.0463. The Morgan fingerprint density at radius 2 is 2.15 bits per heavy atom. The molecule has 1 saturated heterocycles. The summed E-state index contributed by atoms with van der Waals surface area (Å²) in [6.45, 7) is 2.64. The van der Waals surface area contributed by atoms with Crippen LogP contribution in [0.4, 0.5) is 19.3 Å². The van der Waals surface area contributed by atoms with Crippen LogP contribution >= 0.6 is 12.4 Å². The zero-order chi connectivity index (χ0) is 18.3. The smallest absolute Gasteiger partial charge is 0.449 e. The Hall–Kier alpha value is -2.39. The highest BCUT2D eigenvalue weighted by Crippen LogP contribution is 2.32. The second-order valence-corrected chi connectivity index (χ2v) is 5.89. The zero-order valence-corrected chi connectivity index (χ0v) is 14.7. The van der Waals surface area contributed by atoms with Crippen LogP contribution in [0, 0.1) is 11.6 Å². The second kappa shape index (κ2) is 7.46. The van der Waals surface area contributed by atoms with Crippen molar-refractivity contribution in [2.45, 2.75) is 25.9 Å². The molecule has 26 heavy (non-hydrogen) atoms. The average Bonchev–Trinajstić information content (AvgIpc) is 2.96. The summed E-state index contributed by atoms with van der Waals surface area (Å²) in [5.41, 5.74) is 4.60. The van der Waals surface area contributed by atoms with Crippen LogP contribution in [0.5, 0.6) is 5.75 Å². The fourth-order valence-electron chi connectivity index (χ4n) is 3.15. The molecule has 1 fully saturated rings. The first-order valence-electron chi connectivity index (χ1n) is 7.80. The number of halogens is 3. The van der Waals surface area contributed by atoms with E-state index in [-0.39, 0.29) is 41.6 Å². The van der Waals surface area contributed by atoms with Gasteiger partial charge in [0.2, 0.25) is 5.43 Å². The third kappa shape index (κ3) is 3.32. The van der Waals surface area contributed by atoms with Crippen LogP contribution in [-0.4, -0.2) is 35.0 Å². The van der Waals surface area contributed by atoms with Crippen molar-refractivity contribution in [3.05, 3.63) is 34.1 Å². The lowest BCUT2D eigenvalue weighted by Crippen LogP contribution is -2.28. The number of aryl methyl sites for hydroxylation is 1. The van der Waals surface area contributed by atoms with E-state index in [2.05, 4.69) is 4.74 Å². The fourth-order valence-corrected chi connectivity index (χ4v) is 3.15. The summed E-state index contributed by atoms with van der Waals surface area (Å²) < 4.78 is 35.4. The maximum atomic E-state index is 15.1. The van der Waals surface area contributed by atoms with Crippen LogP contribution < -0.4 is 20.8 Å². The Kier molecular flexibility index (Phi) is 5.72. The summed E-state index contributed by atoms with van der Waals surface area (Å²) in [4.78, 5) is 24.6. The minimum Gasteiger partial charge on any atom is -0.449 e. The fraction of sp³-hybridized carbons (Fsp3) is 0.375. The van der Waals surface area contributed by atoms with Crippen LogP contribution in [0.1, 0.15) is 13.3 Å². The van der Waals surface area contributed by atoms with Gasteiger partial charge < -0.3 is 25.0 Å². The number of ether oxygens (including phenoxy) is 1. The summed E-state index contributed by atoms with van der Waals surface area (Å²) in [5.74, 6) is -2.27. The number of benzene rings is 1. The molecule has 1 aromatic carbocycles. The first-order chi connectivity index (χ1) is 11.8. The molecule has 3 N–H and O–H groups in total. The van der Waals surface area contributed by atoms with Gasteiger partial charge in [-0.3, -0.25) is 4.79 Å². The van der Waals surface area contributed by atoms with E-state index in [9.17, 15) is 14.0 Å². The second-order valence-electron chi connectivity index (χ2n) is 5.89. The lowest BCUT2D eigenvalue weighted by molar-refractivity contribution is 0.144. The molecule has 2 heterocycles. The van der Waals surface area contributed by atoms with Gasteiger partial charge in [-0.2, -0.15) is 0 Å². The minimum absolute atomic E-state index is 0. The van der Waals surface area contributed by atoms with Crippen LogP contribution in [0.3, 0.4) is 0 Å². The Balaban J connectivity index is 0.00000243. The van der Waals surface area contributed by atoms with E-state index >= 15 is 4.39 Å². The minimum atomic E-state index is -1.68. The molecule has 1 atom stereocenters. The van der Waals surface area contributed by atoms with E-state index in [1.807, 2.05) is 0 Å². The molecule has 0 amide bonds. The quantitative estimate of drug-likeness (QED) is 0.782. The summed E-state index contributed by atoms with van der Waals surface area (Å²) >= 11 is 0. The molecule has 0 bridgehead atoms. The van der Waals surface area contributed by atoms with E-state index in [0.717, 1.165) is 12.3 Å². The van der Waals surface area contributed by atoms with Gasteiger partial charge in [0.05, 0.1) is 17.1 Å². The standard InChI is InChI=1S/C16H17F2N3O4.ClH/c1-2-20-7-11(25-16(23)24)15(22)9-5-10(17)14(12(18)13(9)20)21-4-3-8(19)6-21;/h5,7-8H,2-4,6,19H2,1H3,(H,23,24);1H. The van der Waals surface area contributed by atoms with Gasteiger partial charge in [0, 0.05) is 25.7 Å². The summed E-state index contributed by atoms with van der Waals surface area (Å²) in [7, 11) is 0. The highest BCUT2D eigenvalue weighted by Gasteiger charge is 2.28. The molecule has 1 aliphatic heterocycles. The van der Waals surface area contributed by atoms with Gasteiger partial charge in [-0.05, 0) is 19.4 Å². The zero-order valence-electron chi connectivity index (χ0n) is 13.9. The summed E-state index contributed by atoms with van der Waals surface area (Å²) in [6, 6.07) is 0.745. The van der Waals surface area contributed by atoms with Gasteiger partial charge in [-0.1, -0.05) is 0 Å². The van der Waals surface area contributed by atoms with Crippen molar-refractivity contribution in [1.29, 1.82) is 0 Å². The van der Waals surface area contributed by atoms with Gasteiger partial charge in [0.25, 0.3) is 0 Å². The van der Waals surface area contributed by atoms with Crippen molar-refractivity contribution in [2.24, 2.45) is 5.73 Å². The van der Waals surface area contributed by atoms with Crippen molar-refractivity contribution < 1.29 is 23.4 Å². The first-order valence-corrected chi connectivity index (χ1v) is 7.80. The lowest BCUT2D eigenvalue weighted by Gasteiger charge is -2.22. The maximum absolute atomic E-state index is 15.1. The van der Waals surface area contributed by atoms with E-state index in [1.54, 1.807) is 6.92 Å². The number of carbonyl (C=O) groups is 1. The number of carboxylic acid groups (broad SMARTS) is 1.